The Hall–Kier alpha value is -0.803. The molecule has 2 rings (SSSR count). The molecule has 1 saturated carbocycles. The lowest BCUT2D eigenvalue weighted by Crippen LogP contribution is -2.52. The third-order valence-electron chi connectivity index (χ3n) is 7.10. The van der Waals surface area contributed by atoms with E-state index in [0.29, 0.717) is 17.8 Å². The van der Waals surface area contributed by atoms with E-state index in [9.17, 15) is 0 Å². The molecule has 1 aliphatic rings. The number of rotatable bonds is 5. The van der Waals surface area contributed by atoms with E-state index in [2.05, 4.69) is 84.1 Å². The van der Waals surface area contributed by atoms with Crippen molar-refractivity contribution in [2.45, 2.75) is 104 Å². The van der Waals surface area contributed by atoms with E-state index in [0.717, 1.165) is 5.69 Å². The van der Waals surface area contributed by atoms with Gasteiger partial charge in [-0.25, -0.2) is 0 Å². The summed E-state index contributed by atoms with van der Waals surface area (Å²) in [5.41, 5.74) is 9.90. The summed E-state index contributed by atoms with van der Waals surface area (Å²) in [7, 11) is 3.53. The SMILES string of the molecule is CC(c1ccc(C(C)(C)C)c(N)c1)C(C(C)(C)C)C(C)(O[Si])C1CCCCC1. The number of hydrogen-bond acceptors (Lipinski definition) is 2. The average molecular weight is 401 g/mol. The van der Waals surface area contributed by atoms with Gasteiger partial charge < -0.3 is 10.2 Å². The van der Waals surface area contributed by atoms with E-state index >= 15 is 0 Å². The molecule has 3 unspecified atom stereocenters. The Morgan fingerprint density at radius 1 is 1.00 bits per heavy atom. The fourth-order valence-electron chi connectivity index (χ4n) is 5.92. The van der Waals surface area contributed by atoms with Crippen molar-refractivity contribution < 1.29 is 4.43 Å². The molecule has 0 amide bonds. The molecule has 1 fully saturated rings. The van der Waals surface area contributed by atoms with Gasteiger partial charge in [0.15, 0.2) is 0 Å². The Bertz CT molecular complexity index is 651. The molecule has 28 heavy (non-hydrogen) atoms. The third-order valence-corrected chi connectivity index (χ3v) is 7.54. The molecule has 2 N–H and O–H groups in total. The van der Waals surface area contributed by atoms with E-state index < -0.39 is 0 Å². The molecule has 0 aromatic heterocycles. The summed E-state index contributed by atoms with van der Waals surface area (Å²) in [6.07, 6.45) is 6.49. The molecule has 1 aromatic rings. The van der Waals surface area contributed by atoms with Gasteiger partial charge in [0.05, 0.1) is 5.60 Å². The van der Waals surface area contributed by atoms with E-state index in [1.165, 1.54) is 43.2 Å². The maximum atomic E-state index is 6.50. The van der Waals surface area contributed by atoms with Crippen molar-refractivity contribution in [3.63, 3.8) is 0 Å². The van der Waals surface area contributed by atoms with Crippen molar-refractivity contribution in [2.75, 3.05) is 5.73 Å². The van der Waals surface area contributed by atoms with Gasteiger partial charge in [0.2, 0.25) is 10.5 Å². The molecule has 3 atom stereocenters. The lowest BCUT2D eigenvalue weighted by atomic mass is 9.58. The Morgan fingerprint density at radius 3 is 2.00 bits per heavy atom. The highest BCUT2D eigenvalue weighted by atomic mass is 28.2. The summed E-state index contributed by atoms with van der Waals surface area (Å²) in [6, 6.07) is 6.72. The van der Waals surface area contributed by atoms with Gasteiger partial charge in [-0.05, 0) is 65.5 Å². The number of nitrogens with two attached hydrogens (primary N) is 1. The summed E-state index contributed by atoms with van der Waals surface area (Å²) < 4.78 is 6.19. The monoisotopic (exact) mass is 400 g/mol. The van der Waals surface area contributed by atoms with Crippen molar-refractivity contribution in [1.82, 2.24) is 0 Å². The van der Waals surface area contributed by atoms with Crippen LogP contribution in [0.2, 0.25) is 0 Å². The zero-order valence-electron chi connectivity index (χ0n) is 19.5. The van der Waals surface area contributed by atoms with Gasteiger partial charge >= 0.3 is 0 Å². The maximum Gasteiger partial charge on any atom is 0.247 e. The van der Waals surface area contributed by atoms with Crippen LogP contribution in [0.5, 0.6) is 0 Å². The van der Waals surface area contributed by atoms with Gasteiger partial charge in [-0.2, -0.15) is 0 Å². The summed E-state index contributed by atoms with van der Waals surface area (Å²) in [5.74, 6) is 1.29. The predicted octanol–water partition coefficient (Wildman–Crippen LogP) is 6.77. The van der Waals surface area contributed by atoms with Crippen LogP contribution in [0.25, 0.3) is 0 Å². The van der Waals surface area contributed by atoms with Crippen molar-refractivity contribution in [3.05, 3.63) is 29.3 Å². The van der Waals surface area contributed by atoms with Gasteiger partial charge in [0.1, 0.15) is 0 Å². The van der Waals surface area contributed by atoms with Crippen molar-refractivity contribution in [1.29, 1.82) is 0 Å². The van der Waals surface area contributed by atoms with E-state index in [1.54, 1.807) is 0 Å². The molecule has 0 bridgehead atoms. The Morgan fingerprint density at radius 2 is 1.57 bits per heavy atom. The predicted molar refractivity (Wildman–Crippen MR) is 123 cm³/mol. The van der Waals surface area contributed by atoms with Crippen LogP contribution in [0, 0.1) is 17.3 Å². The molecule has 2 nitrogen and oxygen atoms in total. The zero-order chi connectivity index (χ0) is 21.3. The lowest BCUT2D eigenvalue weighted by Gasteiger charge is -2.52. The summed E-state index contributed by atoms with van der Waals surface area (Å²) in [6.45, 7) is 18.4. The average Bonchev–Trinajstić information content (AvgIpc) is 2.60. The molecule has 0 heterocycles. The second kappa shape index (κ2) is 8.51. The lowest BCUT2D eigenvalue weighted by molar-refractivity contribution is -0.0853. The quantitative estimate of drug-likeness (QED) is 0.437. The molecule has 0 spiro atoms. The minimum Gasteiger partial charge on any atom is -0.413 e. The fourth-order valence-corrected chi connectivity index (χ4v) is 6.22. The number of benzene rings is 1. The smallest absolute Gasteiger partial charge is 0.247 e. The summed E-state index contributed by atoms with van der Waals surface area (Å²) in [5, 5.41) is 0. The van der Waals surface area contributed by atoms with Gasteiger partial charge in [-0.15, -0.1) is 0 Å². The highest BCUT2D eigenvalue weighted by Gasteiger charge is 2.49. The van der Waals surface area contributed by atoms with Crippen LogP contribution in [0.1, 0.15) is 105 Å². The summed E-state index contributed by atoms with van der Waals surface area (Å²) >= 11 is 0. The molecule has 0 saturated heterocycles. The Balaban J connectivity index is 2.46. The molecule has 157 valence electrons. The van der Waals surface area contributed by atoms with E-state index in [1.807, 2.05) is 0 Å². The molecule has 3 radical (unpaired) electrons. The Labute approximate surface area is 177 Å². The van der Waals surface area contributed by atoms with E-state index in [-0.39, 0.29) is 16.4 Å². The molecule has 3 heteroatoms. The van der Waals surface area contributed by atoms with Gasteiger partial charge in [0, 0.05) is 5.69 Å². The largest absolute Gasteiger partial charge is 0.413 e. The van der Waals surface area contributed by atoms with Crippen LogP contribution in [-0.4, -0.2) is 16.1 Å². The first-order chi connectivity index (χ1) is 12.8. The molecule has 1 aliphatic carbocycles. The highest BCUT2D eigenvalue weighted by Crippen LogP contribution is 2.51. The first-order valence-corrected chi connectivity index (χ1v) is 11.5. The minimum atomic E-state index is -0.216. The zero-order valence-corrected chi connectivity index (χ0v) is 20.5. The normalized spacial score (nSPS) is 21.2. The van der Waals surface area contributed by atoms with Gasteiger partial charge in [-0.1, -0.05) is 79.9 Å². The minimum absolute atomic E-state index is 0.0601. The fraction of sp³-hybridized carbons (Fsp3) is 0.760. The van der Waals surface area contributed by atoms with Crippen LogP contribution in [0.3, 0.4) is 0 Å². The van der Waals surface area contributed by atoms with Crippen molar-refractivity contribution >= 4 is 16.2 Å². The number of nitrogen functional groups attached to an aromatic ring is 1. The van der Waals surface area contributed by atoms with Crippen LogP contribution in [0.15, 0.2) is 18.2 Å². The third kappa shape index (κ3) is 4.84. The van der Waals surface area contributed by atoms with Crippen molar-refractivity contribution in [3.8, 4) is 0 Å². The van der Waals surface area contributed by atoms with Crippen LogP contribution >= 0.6 is 0 Å². The van der Waals surface area contributed by atoms with Crippen molar-refractivity contribution in [2.24, 2.45) is 17.3 Å². The maximum absolute atomic E-state index is 6.50. The topological polar surface area (TPSA) is 35.2 Å². The highest BCUT2D eigenvalue weighted by molar-refractivity contribution is 5.98. The summed E-state index contributed by atoms with van der Waals surface area (Å²) in [4.78, 5) is 0. The van der Waals surface area contributed by atoms with Gasteiger partial charge in [-0.3, -0.25) is 0 Å². The van der Waals surface area contributed by atoms with Crippen LogP contribution in [0.4, 0.5) is 5.69 Å². The van der Waals surface area contributed by atoms with Crippen LogP contribution < -0.4 is 5.73 Å². The van der Waals surface area contributed by atoms with Gasteiger partial charge in [0.25, 0.3) is 0 Å². The molecular formula is C25H42NOSi. The number of hydrogen-bond donors (Lipinski definition) is 1. The molecule has 0 aliphatic heterocycles. The first-order valence-electron chi connectivity index (χ1n) is 11.1. The Kier molecular flexibility index (Phi) is 7.14. The standard InChI is InChI=1S/C25H42NOSi/c1-17(18-14-15-20(21(26)16-18)23(2,3)4)22(24(5,6)7)25(8,27-28)19-12-10-9-11-13-19/h14-17,19,22H,9-13,26H2,1-8H3. The molecular weight excluding hydrogens is 358 g/mol. The second-order valence-electron chi connectivity index (χ2n) is 11.3. The second-order valence-corrected chi connectivity index (χ2v) is 11.6. The first kappa shape index (κ1) is 23.5. The van der Waals surface area contributed by atoms with Crippen LogP contribution in [-0.2, 0) is 9.84 Å². The molecule has 1 aromatic carbocycles. The van der Waals surface area contributed by atoms with E-state index in [4.69, 9.17) is 10.2 Å². The number of anilines is 1.